The zero-order chi connectivity index (χ0) is 13.9. The molecule has 5 heteroatoms. The summed E-state index contributed by atoms with van der Waals surface area (Å²) in [6, 6.07) is 1.88. The molecule has 0 saturated carbocycles. The molecule has 1 atom stereocenters. The molecular weight excluding hydrogens is 240 g/mol. The predicted molar refractivity (Wildman–Crippen MR) is 76.8 cm³/mol. The number of nitrogens with zero attached hydrogens (tertiary/aromatic N) is 3. The van der Waals surface area contributed by atoms with E-state index in [1.54, 1.807) is 0 Å². The Morgan fingerprint density at radius 1 is 1.47 bits per heavy atom. The summed E-state index contributed by atoms with van der Waals surface area (Å²) in [5.74, 6) is 1.47. The Morgan fingerprint density at radius 3 is 2.95 bits per heavy atom. The lowest BCUT2D eigenvalue weighted by Gasteiger charge is -2.24. The van der Waals surface area contributed by atoms with Crippen LogP contribution in [0.4, 0.5) is 5.95 Å². The summed E-state index contributed by atoms with van der Waals surface area (Å²) in [5.41, 5.74) is 1.25. The minimum atomic E-state index is 0.299. The first kappa shape index (κ1) is 14.1. The maximum absolute atomic E-state index is 5.50. The number of rotatable bonds is 5. The molecule has 1 aliphatic heterocycles. The first-order valence-corrected chi connectivity index (χ1v) is 6.94. The van der Waals surface area contributed by atoms with Gasteiger partial charge in [-0.2, -0.15) is 4.98 Å². The fraction of sp³-hybridized carbons (Fsp3) is 0.714. The number of hydrogen-bond acceptors (Lipinski definition) is 5. The molecule has 1 saturated heterocycles. The Bertz CT molecular complexity index is 437. The molecule has 1 unspecified atom stereocenters. The molecular formula is C14H24N4O. The second kappa shape index (κ2) is 5.74. The van der Waals surface area contributed by atoms with Crippen LogP contribution in [0.25, 0.3) is 0 Å². The highest BCUT2D eigenvalue weighted by Crippen LogP contribution is 2.31. The SMILES string of the molecule is CCOc1cc(C)nc(N2CCC(C)(CNC)C2)n1. The van der Waals surface area contributed by atoms with Crippen molar-refractivity contribution < 1.29 is 4.74 Å². The van der Waals surface area contributed by atoms with E-state index >= 15 is 0 Å². The van der Waals surface area contributed by atoms with Crippen molar-refractivity contribution in [2.24, 2.45) is 5.41 Å². The van der Waals surface area contributed by atoms with Gasteiger partial charge in [-0.25, -0.2) is 4.98 Å². The van der Waals surface area contributed by atoms with Crippen LogP contribution in [-0.2, 0) is 0 Å². The van der Waals surface area contributed by atoms with Gasteiger partial charge in [-0.1, -0.05) is 6.92 Å². The van der Waals surface area contributed by atoms with Crippen LogP contribution in [0.15, 0.2) is 6.07 Å². The largest absolute Gasteiger partial charge is 0.478 e. The van der Waals surface area contributed by atoms with Crippen molar-refractivity contribution in [2.45, 2.75) is 27.2 Å². The molecule has 0 amide bonds. The van der Waals surface area contributed by atoms with Gasteiger partial charge in [0.15, 0.2) is 0 Å². The predicted octanol–water partition coefficient (Wildman–Crippen LogP) is 1.62. The first-order chi connectivity index (χ1) is 9.06. The smallest absolute Gasteiger partial charge is 0.228 e. The molecule has 1 N–H and O–H groups in total. The number of nitrogens with one attached hydrogen (secondary N) is 1. The van der Waals surface area contributed by atoms with Gasteiger partial charge in [0, 0.05) is 31.4 Å². The normalized spacial score (nSPS) is 22.8. The topological polar surface area (TPSA) is 50.3 Å². The van der Waals surface area contributed by atoms with Crippen molar-refractivity contribution in [3.63, 3.8) is 0 Å². The Balaban J connectivity index is 2.14. The van der Waals surface area contributed by atoms with E-state index < -0.39 is 0 Å². The van der Waals surface area contributed by atoms with E-state index in [2.05, 4.69) is 27.1 Å². The van der Waals surface area contributed by atoms with Crippen LogP contribution in [-0.4, -0.2) is 43.3 Å². The van der Waals surface area contributed by atoms with Crippen molar-refractivity contribution >= 4 is 5.95 Å². The zero-order valence-corrected chi connectivity index (χ0v) is 12.4. The molecule has 0 radical (unpaired) electrons. The number of hydrogen-bond donors (Lipinski definition) is 1. The fourth-order valence-electron chi connectivity index (χ4n) is 2.65. The molecule has 2 rings (SSSR count). The van der Waals surface area contributed by atoms with Crippen LogP contribution in [0.2, 0.25) is 0 Å². The standard InChI is InChI=1S/C14H24N4O/c1-5-19-12-8-11(2)16-13(17-12)18-7-6-14(3,10-18)9-15-4/h8,15H,5-7,9-10H2,1-4H3. The summed E-state index contributed by atoms with van der Waals surface area (Å²) in [5, 5.41) is 3.27. The third kappa shape index (κ3) is 3.35. The van der Waals surface area contributed by atoms with E-state index in [9.17, 15) is 0 Å². The first-order valence-electron chi connectivity index (χ1n) is 6.94. The third-order valence-corrected chi connectivity index (χ3v) is 3.56. The van der Waals surface area contributed by atoms with Crippen molar-refractivity contribution in [1.29, 1.82) is 0 Å². The molecule has 1 aliphatic rings. The summed E-state index contributed by atoms with van der Waals surface area (Å²) in [6.45, 7) is 9.91. The van der Waals surface area contributed by atoms with Crippen LogP contribution in [0.1, 0.15) is 26.0 Å². The van der Waals surface area contributed by atoms with Crippen LogP contribution >= 0.6 is 0 Å². The average molecular weight is 264 g/mol. The number of anilines is 1. The van der Waals surface area contributed by atoms with Crippen LogP contribution in [0.3, 0.4) is 0 Å². The molecule has 0 bridgehead atoms. The van der Waals surface area contributed by atoms with E-state index in [0.717, 1.165) is 37.7 Å². The third-order valence-electron chi connectivity index (χ3n) is 3.56. The van der Waals surface area contributed by atoms with Gasteiger partial charge in [-0.15, -0.1) is 0 Å². The molecule has 0 aromatic carbocycles. The quantitative estimate of drug-likeness (QED) is 0.876. The number of aromatic nitrogens is 2. The summed E-state index contributed by atoms with van der Waals surface area (Å²) in [6.07, 6.45) is 1.16. The van der Waals surface area contributed by atoms with Crippen molar-refractivity contribution in [3.05, 3.63) is 11.8 Å². The van der Waals surface area contributed by atoms with E-state index in [0.29, 0.717) is 17.9 Å². The van der Waals surface area contributed by atoms with E-state index in [1.807, 2.05) is 27.0 Å². The maximum Gasteiger partial charge on any atom is 0.228 e. The Morgan fingerprint density at radius 2 is 2.26 bits per heavy atom. The summed E-state index contributed by atoms with van der Waals surface area (Å²) < 4.78 is 5.50. The number of aryl methyl sites for hydroxylation is 1. The van der Waals surface area contributed by atoms with Gasteiger partial charge >= 0.3 is 0 Å². The summed E-state index contributed by atoms with van der Waals surface area (Å²) >= 11 is 0. The van der Waals surface area contributed by atoms with Gasteiger partial charge < -0.3 is 15.0 Å². The molecule has 0 spiro atoms. The molecule has 19 heavy (non-hydrogen) atoms. The zero-order valence-electron chi connectivity index (χ0n) is 12.4. The van der Waals surface area contributed by atoms with Gasteiger partial charge in [-0.3, -0.25) is 0 Å². The highest BCUT2D eigenvalue weighted by molar-refractivity contribution is 5.36. The van der Waals surface area contributed by atoms with Gasteiger partial charge in [0.05, 0.1) is 6.61 Å². The van der Waals surface area contributed by atoms with E-state index in [-0.39, 0.29) is 0 Å². The maximum atomic E-state index is 5.50. The highest BCUT2D eigenvalue weighted by Gasteiger charge is 2.34. The summed E-state index contributed by atoms with van der Waals surface area (Å²) in [4.78, 5) is 11.3. The molecule has 1 aromatic rings. The lowest BCUT2D eigenvalue weighted by atomic mass is 9.90. The highest BCUT2D eigenvalue weighted by atomic mass is 16.5. The minimum absolute atomic E-state index is 0.299. The van der Waals surface area contributed by atoms with Crippen LogP contribution in [0.5, 0.6) is 5.88 Å². The van der Waals surface area contributed by atoms with Crippen LogP contribution in [0, 0.1) is 12.3 Å². The number of ether oxygens (including phenoxy) is 1. The Labute approximate surface area is 115 Å². The molecule has 0 aliphatic carbocycles. The Kier molecular flexibility index (Phi) is 4.24. The van der Waals surface area contributed by atoms with E-state index in [1.165, 1.54) is 0 Å². The van der Waals surface area contributed by atoms with Gasteiger partial charge in [0.2, 0.25) is 11.8 Å². The Hall–Kier alpha value is -1.36. The molecule has 1 aromatic heterocycles. The van der Waals surface area contributed by atoms with Crippen molar-refractivity contribution in [2.75, 3.05) is 38.2 Å². The van der Waals surface area contributed by atoms with Crippen molar-refractivity contribution in [3.8, 4) is 5.88 Å². The lowest BCUT2D eigenvalue weighted by molar-refractivity contribution is 0.325. The molecule has 1 fully saturated rings. The minimum Gasteiger partial charge on any atom is -0.478 e. The molecule has 2 heterocycles. The van der Waals surface area contributed by atoms with Gasteiger partial charge in [0.1, 0.15) is 0 Å². The molecule has 106 valence electrons. The van der Waals surface area contributed by atoms with E-state index in [4.69, 9.17) is 4.74 Å². The monoisotopic (exact) mass is 264 g/mol. The van der Waals surface area contributed by atoms with Gasteiger partial charge in [-0.05, 0) is 32.7 Å². The summed E-state index contributed by atoms with van der Waals surface area (Å²) in [7, 11) is 2.00. The molecule has 5 nitrogen and oxygen atoms in total. The second-order valence-corrected chi connectivity index (χ2v) is 5.59. The fourth-order valence-corrected chi connectivity index (χ4v) is 2.65. The van der Waals surface area contributed by atoms with Crippen molar-refractivity contribution in [1.82, 2.24) is 15.3 Å². The second-order valence-electron chi connectivity index (χ2n) is 5.59. The van der Waals surface area contributed by atoms with Crippen LogP contribution < -0.4 is 15.0 Å². The lowest BCUT2D eigenvalue weighted by Crippen LogP contribution is -2.33. The van der Waals surface area contributed by atoms with Gasteiger partial charge in [0.25, 0.3) is 0 Å². The average Bonchev–Trinajstić information content (AvgIpc) is 2.72.